The van der Waals surface area contributed by atoms with Crippen LogP contribution in [-0.4, -0.2) is 12.4 Å². The van der Waals surface area contributed by atoms with E-state index in [-0.39, 0.29) is 11.1 Å². The van der Waals surface area contributed by atoms with E-state index in [0.29, 0.717) is 11.1 Å². The van der Waals surface area contributed by atoms with Crippen LogP contribution in [0.15, 0.2) is 109 Å². The van der Waals surface area contributed by atoms with Gasteiger partial charge in [-0.3, -0.25) is 0 Å². The summed E-state index contributed by atoms with van der Waals surface area (Å²) < 4.78 is 87.7. The highest BCUT2D eigenvalue weighted by molar-refractivity contribution is 6.20. The Hall–Kier alpha value is -4.32. The molecule has 0 saturated carbocycles. The lowest BCUT2D eigenvalue weighted by Gasteiger charge is -2.36. The van der Waals surface area contributed by atoms with Gasteiger partial charge in [0.05, 0.1) is 0 Å². The van der Waals surface area contributed by atoms with Crippen molar-refractivity contribution in [2.75, 3.05) is 0 Å². The molecule has 0 amide bonds. The van der Waals surface area contributed by atoms with Gasteiger partial charge in [-0.15, -0.1) is 0 Å². The highest BCUT2D eigenvalue weighted by Gasteiger charge is 2.75. The predicted molar refractivity (Wildman–Crippen MR) is 143 cm³/mol. The molecule has 0 unspecified atom stereocenters. The van der Waals surface area contributed by atoms with Crippen LogP contribution in [-0.2, 0) is 5.41 Å². The van der Waals surface area contributed by atoms with Gasteiger partial charge in [0.25, 0.3) is 0 Å². The van der Waals surface area contributed by atoms with Gasteiger partial charge in [0.2, 0.25) is 5.41 Å². The minimum atomic E-state index is -5.59. The summed E-state index contributed by atoms with van der Waals surface area (Å²) in [5.41, 5.74) is -4.95. The third-order valence-electron chi connectivity index (χ3n) is 7.95. The Kier molecular flexibility index (Phi) is 4.79. The van der Waals surface area contributed by atoms with Crippen LogP contribution in [0, 0.1) is 0 Å². The highest BCUT2D eigenvalue weighted by Crippen LogP contribution is 2.63. The molecule has 0 saturated heterocycles. The molecular weight excluding hydrogens is 510 g/mol. The summed E-state index contributed by atoms with van der Waals surface area (Å²) in [7, 11) is 0. The SMILES string of the molecule is FC(F)(F)C1(C(F)(F)F)c2ccccc2-c2ccc(-c3ccc4ccc5ccc6ccccc6c5c4c3)cc21. The summed E-state index contributed by atoms with van der Waals surface area (Å²) >= 11 is 0. The number of fused-ring (bicyclic) bond motifs is 8. The van der Waals surface area contributed by atoms with Crippen molar-refractivity contribution in [3.05, 3.63) is 120 Å². The fraction of sp³-hybridized carbons (Fsp3) is 0.0909. The Morgan fingerprint density at radius 3 is 1.72 bits per heavy atom. The van der Waals surface area contributed by atoms with Crippen molar-refractivity contribution in [1.29, 1.82) is 0 Å². The molecule has 0 nitrogen and oxygen atoms in total. The lowest BCUT2D eigenvalue weighted by molar-refractivity contribution is -0.287. The number of rotatable bonds is 1. The average Bonchev–Trinajstić information content (AvgIpc) is 3.23. The van der Waals surface area contributed by atoms with E-state index < -0.39 is 28.9 Å². The average molecular weight is 528 g/mol. The lowest BCUT2D eigenvalue weighted by atomic mass is 9.76. The largest absolute Gasteiger partial charge is 0.411 e. The summed E-state index contributed by atoms with van der Waals surface area (Å²) in [5, 5.41) is 5.85. The van der Waals surface area contributed by atoms with Crippen LogP contribution >= 0.6 is 0 Å². The Balaban J connectivity index is 1.52. The maximum Gasteiger partial charge on any atom is 0.411 e. The summed E-state index contributed by atoms with van der Waals surface area (Å²) in [6.45, 7) is 0. The number of alkyl halides is 6. The van der Waals surface area contributed by atoms with Crippen LogP contribution in [0.25, 0.3) is 54.6 Å². The van der Waals surface area contributed by atoms with Gasteiger partial charge in [-0.1, -0.05) is 97.1 Å². The Bertz CT molecular complexity index is 1930. The van der Waals surface area contributed by atoms with Crippen molar-refractivity contribution < 1.29 is 26.3 Å². The van der Waals surface area contributed by atoms with Gasteiger partial charge in [-0.25, -0.2) is 0 Å². The number of benzene rings is 6. The smallest absolute Gasteiger partial charge is 0.169 e. The fourth-order valence-electron chi connectivity index (χ4n) is 6.24. The quantitative estimate of drug-likeness (QED) is 0.147. The molecule has 0 spiro atoms. The number of hydrogen-bond acceptors (Lipinski definition) is 0. The van der Waals surface area contributed by atoms with Gasteiger partial charge in [-0.2, -0.15) is 26.3 Å². The van der Waals surface area contributed by atoms with E-state index in [9.17, 15) is 26.3 Å². The zero-order valence-electron chi connectivity index (χ0n) is 20.2. The first-order valence-corrected chi connectivity index (χ1v) is 12.3. The van der Waals surface area contributed by atoms with Gasteiger partial charge < -0.3 is 0 Å². The second-order valence-corrected chi connectivity index (χ2v) is 9.94. The van der Waals surface area contributed by atoms with Crippen molar-refractivity contribution in [1.82, 2.24) is 0 Å². The molecule has 0 fully saturated rings. The van der Waals surface area contributed by atoms with Crippen LogP contribution in [0.2, 0.25) is 0 Å². The molecule has 39 heavy (non-hydrogen) atoms. The number of hydrogen-bond donors (Lipinski definition) is 0. The molecular formula is C33H18F6. The third kappa shape index (κ3) is 3.14. The minimum absolute atomic E-state index is 0.0512. The van der Waals surface area contributed by atoms with E-state index in [4.69, 9.17) is 0 Å². The monoisotopic (exact) mass is 528 g/mol. The Morgan fingerprint density at radius 1 is 0.436 bits per heavy atom. The van der Waals surface area contributed by atoms with Crippen LogP contribution in [0.3, 0.4) is 0 Å². The van der Waals surface area contributed by atoms with Crippen molar-refractivity contribution in [3.63, 3.8) is 0 Å². The topological polar surface area (TPSA) is 0 Å². The second-order valence-electron chi connectivity index (χ2n) is 9.94. The molecule has 0 heterocycles. The van der Waals surface area contributed by atoms with Crippen LogP contribution in [0.5, 0.6) is 0 Å². The van der Waals surface area contributed by atoms with E-state index in [1.807, 2.05) is 60.7 Å². The predicted octanol–water partition coefficient (Wildman–Crippen LogP) is 10.2. The Labute approximate surface area is 219 Å². The molecule has 0 aromatic heterocycles. The Morgan fingerprint density at radius 2 is 0.974 bits per heavy atom. The van der Waals surface area contributed by atoms with Gasteiger partial charge in [0, 0.05) is 0 Å². The summed E-state index contributed by atoms with van der Waals surface area (Å²) in [5.74, 6) is 0. The first-order valence-electron chi connectivity index (χ1n) is 12.3. The molecule has 0 atom stereocenters. The summed E-state index contributed by atoms with van der Waals surface area (Å²) in [6.07, 6.45) is -11.2. The summed E-state index contributed by atoms with van der Waals surface area (Å²) in [6, 6.07) is 30.4. The van der Waals surface area contributed by atoms with Crippen molar-refractivity contribution in [2.45, 2.75) is 17.8 Å². The molecule has 6 aromatic rings. The highest BCUT2D eigenvalue weighted by atomic mass is 19.4. The molecule has 6 heteroatoms. The molecule has 1 aliphatic carbocycles. The zero-order valence-corrected chi connectivity index (χ0v) is 20.2. The summed E-state index contributed by atoms with van der Waals surface area (Å²) in [4.78, 5) is 0. The van der Waals surface area contributed by atoms with E-state index >= 15 is 0 Å². The zero-order chi connectivity index (χ0) is 27.2. The van der Waals surface area contributed by atoms with Gasteiger partial charge in [0.15, 0.2) is 0 Å². The van der Waals surface area contributed by atoms with E-state index in [1.54, 1.807) is 12.1 Å². The standard InChI is InChI=1S/C33H18F6/c34-32(35,36)31(33(37,38)39)28-8-4-3-7-25(28)26-16-15-23(18-29(26)31)22-14-11-20-10-13-21-12-9-19-5-1-2-6-24(19)30(21)27(20)17-22/h1-18H. The molecule has 0 aliphatic heterocycles. The first-order chi connectivity index (χ1) is 18.6. The third-order valence-corrected chi connectivity index (χ3v) is 7.95. The first kappa shape index (κ1) is 23.8. The fourth-order valence-corrected chi connectivity index (χ4v) is 6.24. The molecule has 7 rings (SSSR count). The van der Waals surface area contributed by atoms with Crippen molar-refractivity contribution in [2.24, 2.45) is 0 Å². The number of halogens is 6. The van der Waals surface area contributed by atoms with Crippen LogP contribution < -0.4 is 0 Å². The van der Waals surface area contributed by atoms with Gasteiger partial charge in [0.1, 0.15) is 0 Å². The maximum atomic E-state index is 14.6. The molecule has 0 bridgehead atoms. The van der Waals surface area contributed by atoms with Crippen LogP contribution in [0.1, 0.15) is 11.1 Å². The van der Waals surface area contributed by atoms with Gasteiger partial charge >= 0.3 is 12.4 Å². The van der Waals surface area contributed by atoms with E-state index in [2.05, 4.69) is 0 Å². The lowest BCUT2D eigenvalue weighted by Crippen LogP contribution is -2.53. The normalized spacial score (nSPS) is 14.6. The molecule has 192 valence electrons. The second kappa shape index (κ2) is 7.85. The molecule has 0 N–H and O–H groups in total. The van der Waals surface area contributed by atoms with Crippen LogP contribution in [0.4, 0.5) is 26.3 Å². The van der Waals surface area contributed by atoms with E-state index in [0.717, 1.165) is 44.5 Å². The minimum Gasteiger partial charge on any atom is -0.169 e. The van der Waals surface area contributed by atoms with Crippen molar-refractivity contribution in [3.8, 4) is 22.3 Å². The molecule has 6 aromatic carbocycles. The molecule has 1 aliphatic rings. The van der Waals surface area contributed by atoms with Crippen molar-refractivity contribution >= 4 is 32.3 Å². The molecule has 0 radical (unpaired) electrons. The van der Waals surface area contributed by atoms with Gasteiger partial charge in [-0.05, 0) is 77.8 Å². The maximum absolute atomic E-state index is 14.6. The van der Waals surface area contributed by atoms with E-state index in [1.165, 1.54) is 24.3 Å².